The van der Waals surface area contributed by atoms with E-state index in [1.165, 1.54) is 0 Å². The van der Waals surface area contributed by atoms with Crippen LogP contribution in [0.15, 0.2) is 18.3 Å². The highest BCUT2D eigenvalue weighted by atomic mass is 16.4. The van der Waals surface area contributed by atoms with Gasteiger partial charge in [-0.1, -0.05) is 13.0 Å². The lowest BCUT2D eigenvalue weighted by Crippen LogP contribution is -2.49. The Morgan fingerprint density at radius 3 is 2.83 bits per heavy atom. The van der Waals surface area contributed by atoms with E-state index in [1.807, 2.05) is 38.1 Å². The summed E-state index contributed by atoms with van der Waals surface area (Å²) in [4.78, 5) is 31.3. The first-order chi connectivity index (χ1) is 10.9. The van der Waals surface area contributed by atoms with E-state index in [2.05, 4.69) is 10.3 Å². The number of hydrogen-bond donors (Lipinski definition) is 2. The van der Waals surface area contributed by atoms with Crippen molar-refractivity contribution in [2.75, 3.05) is 32.1 Å². The third-order valence-electron chi connectivity index (χ3n) is 4.02. The summed E-state index contributed by atoms with van der Waals surface area (Å²) in [6, 6.07) is 3.52. The van der Waals surface area contributed by atoms with Gasteiger partial charge in [-0.25, -0.2) is 9.78 Å². The number of nitrogens with one attached hydrogen (secondary N) is 1. The maximum Gasteiger partial charge on any atom is 0.317 e. The minimum Gasteiger partial charge on any atom is -0.481 e. The highest BCUT2D eigenvalue weighted by molar-refractivity contribution is 5.76. The number of piperidine rings is 1. The van der Waals surface area contributed by atoms with Crippen LogP contribution in [0.5, 0.6) is 0 Å². The van der Waals surface area contributed by atoms with E-state index in [1.54, 1.807) is 11.1 Å². The van der Waals surface area contributed by atoms with Crippen molar-refractivity contribution < 1.29 is 14.7 Å². The molecule has 0 bridgehead atoms. The Labute approximate surface area is 136 Å². The minimum atomic E-state index is -0.837. The molecular weight excluding hydrogens is 296 g/mol. The minimum absolute atomic E-state index is 0.186. The summed E-state index contributed by atoms with van der Waals surface area (Å²) in [6.45, 7) is 3.19. The van der Waals surface area contributed by atoms with Crippen molar-refractivity contribution in [3.63, 3.8) is 0 Å². The van der Waals surface area contributed by atoms with Crippen molar-refractivity contribution in [1.82, 2.24) is 15.2 Å². The van der Waals surface area contributed by atoms with Crippen LogP contribution in [-0.2, 0) is 11.3 Å². The van der Waals surface area contributed by atoms with Crippen LogP contribution in [0, 0.1) is 11.8 Å². The molecule has 0 spiro atoms. The molecule has 2 atom stereocenters. The van der Waals surface area contributed by atoms with Gasteiger partial charge < -0.3 is 20.2 Å². The number of pyridine rings is 1. The first kappa shape index (κ1) is 17.1. The van der Waals surface area contributed by atoms with E-state index >= 15 is 0 Å². The van der Waals surface area contributed by atoms with Crippen LogP contribution in [0.1, 0.15) is 18.9 Å². The van der Waals surface area contributed by atoms with E-state index in [4.69, 9.17) is 0 Å². The number of carboxylic acids is 1. The molecule has 0 radical (unpaired) electrons. The summed E-state index contributed by atoms with van der Waals surface area (Å²) >= 11 is 0. The molecule has 2 rings (SSSR count). The average Bonchev–Trinajstić information content (AvgIpc) is 2.52. The van der Waals surface area contributed by atoms with Gasteiger partial charge in [0, 0.05) is 45.5 Å². The molecule has 7 heteroatoms. The summed E-state index contributed by atoms with van der Waals surface area (Å²) < 4.78 is 0. The van der Waals surface area contributed by atoms with Crippen LogP contribution in [0.25, 0.3) is 0 Å². The van der Waals surface area contributed by atoms with Crippen LogP contribution in [0.4, 0.5) is 10.6 Å². The summed E-state index contributed by atoms with van der Waals surface area (Å²) in [5, 5.41) is 12.1. The fourth-order valence-corrected chi connectivity index (χ4v) is 2.95. The Balaban J connectivity index is 1.98. The molecule has 0 aromatic carbocycles. The molecule has 1 aliphatic rings. The molecule has 1 aliphatic heterocycles. The molecule has 0 saturated carbocycles. The summed E-state index contributed by atoms with van der Waals surface area (Å²) in [5.41, 5.74) is 0.922. The monoisotopic (exact) mass is 320 g/mol. The van der Waals surface area contributed by atoms with E-state index in [0.717, 1.165) is 11.4 Å². The number of aromatic nitrogens is 1. The molecular formula is C16H24N4O3. The average molecular weight is 320 g/mol. The van der Waals surface area contributed by atoms with Crippen molar-refractivity contribution in [2.24, 2.45) is 11.8 Å². The molecule has 126 valence electrons. The van der Waals surface area contributed by atoms with Crippen molar-refractivity contribution in [3.8, 4) is 0 Å². The topological polar surface area (TPSA) is 85.8 Å². The maximum atomic E-state index is 12.4. The van der Waals surface area contributed by atoms with Crippen molar-refractivity contribution >= 4 is 17.8 Å². The fraction of sp³-hybridized carbons (Fsp3) is 0.562. The highest BCUT2D eigenvalue weighted by Crippen LogP contribution is 2.22. The molecule has 23 heavy (non-hydrogen) atoms. The molecule has 7 nitrogen and oxygen atoms in total. The van der Waals surface area contributed by atoms with Crippen LogP contribution in [0.3, 0.4) is 0 Å². The summed E-state index contributed by atoms with van der Waals surface area (Å²) in [5.74, 6) is -0.328. The number of amides is 2. The second kappa shape index (κ2) is 7.30. The van der Waals surface area contributed by atoms with Crippen LogP contribution >= 0.6 is 0 Å². The second-order valence-corrected chi connectivity index (χ2v) is 6.32. The highest BCUT2D eigenvalue weighted by Gasteiger charge is 2.31. The lowest BCUT2D eigenvalue weighted by Gasteiger charge is -2.34. The van der Waals surface area contributed by atoms with Gasteiger partial charge in [-0.2, -0.15) is 0 Å². The maximum absolute atomic E-state index is 12.4. The molecule has 2 amide bonds. The number of rotatable bonds is 4. The number of nitrogens with zero attached hydrogens (tertiary/aromatic N) is 3. The Hall–Kier alpha value is -2.31. The number of aliphatic carboxylic acids is 1. The zero-order chi connectivity index (χ0) is 17.0. The molecule has 1 aromatic heterocycles. The normalized spacial score (nSPS) is 20.9. The smallest absolute Gasteiger partial charge is 0.317 e. The molecule has 1 saturated heterocycles. The Morgan fingerprint density at radius 2 is 2.17 bits per heavy atom. The third kappa shape index (κ3) is 4.34. The van der Waals surface area contributed by atoms with Gasteiger partial charge in [0.25, 0.3) is 0 Å². The predicted octanol–water partition coefficient (Wildman–Crippen LogP) is 1.40. The van der Waals surface area contributed by atoms with Gasteiger partial charge in [0.15, 0.2) is 0 Å². The van der Waals surface area contributed by atoms with Crippen LogP contribution in [0.2, 0.25) is 0 Å². The quantitative estimate of drug-likeness (QED) is 0.876. The van der Waals surface area contributed by atoms with E-state index in [9.17, 15) is 14.7 Å². The van der Waals surface area contributed by atoms with Gasteiger partial charge in [0.2, 0.25) is 0 Å². The predicted molar refractivity (Wildman–Crippen MR) is 87.3 cm³/mol. The Kier molecular flexibility index (Phi) is 5.41. The van der Waals surface area contributed by atoms with Gasteiger partial charge >= 0.3 is 12.0 Å². The number of urea groups is 1. The van der Waals surface area contributed by atoms with Crippen molar-refractivity contribution in [3.05, 3.63) is 23.9 Å². The number of carbonyl (C=O) groups is 2. The lowest BCUT2D eigenvalue weighted by molar-refractivity contribution is -0.143. The van der Waals surface area contributed by atoms with Gasteiger partial charge in [0.05, 0.1) is 5.92 Å². The second-order valence-electron chi connectivity index (χ2n) is 6.32. The van der Waals surface area contributed by atoms with E-state index in [-0.39, 0.29) is 18.5 Å². The van der Waals surface area contributed by atoms with Crippen molar-refractivity contribution in [1.29, 1.82) is 0 Å². The SMILES string of the molecule is CC1CC(C(=O)O)CN(C(=O)NCc2cccnc2N(C)C)C1. The van der Waals surface area contributed by atoms with Gasteiger partial charge in [-0.15, -0.1) is 0 Å². The fourth-order valence-electron chi connectivity index (χ4n) is 2.95. The molecule has 1 fully saturated rings. The first-order valence-electron chi connectivity index (χ1n) is 7.75. The van der Waals surface area contributed by atoms with E-state index in [0.29, 0.717) is 19.5 Å². The Morgan fingerprint density at radius 1 is 1.43 bits per heavy atom. The van der Waals surface area contributed by atoms with Crippen LogP contribution in [-0.4, -0.2) is 54.2 Å². The summed E-state index contributed by atoms with van der Waals surface area (Å²) in [6.07, 6.45) is 2.33. The number of anilines is 1. The van der Waals surface area contributed by atoms with Gasteiger partial charge in [0.1, 0.15) is 5.82 Å². The zero-order valence-corrected chi connectivity index (χ0v) is 13.8. The molecule has 1 aromatic rings. The molecule has 2 N–H and O–H groups in total. The molecule has 0 aliphatic carbocycles. The zero-order valence-electron chi connectivity index (χ0n) is 13.8. The Bertz CT molecular complexity index is 576. The lowest BCUT2D eigenvalue weighted by atomic mass is 9.91. The standard InChI is InChI=1S/C16H24N4O3/c1-11-7-13(15(21)22)10-20(9-11)16(23)18-8-12-5-4-6-17-14(12)19(2)3/h4-6,11,13H,7-10H2,1-3H3,(H,18,23)(H,21,22). The molecule has 2 unspecified atom stereocenters. The summed E-state index contributed by atoms with van der Waals surface area (Å²) in [7, 11) is 3.80. The van der Waals surface area contributed by atoms with Crippen molar-refractivity contribution in [2.45, 2.75) is 19.9 Å². The van der Waals surface area contributed by atoms with Gasteiger partial charge in [-0.3, -0.25) is 4.79 Å². The first-order valence-corrected chi connectivity index (χ1v) is 7.75. The van der Waals surface area contributed by atoms with Gasteiger partial charge in [-0.05, 0) is 18.4 Å². The molecule has 2 heterocycles. The number of carbonyl (C=O) groups excluding carboxylic acids is 1. The number of hydrogen-bond acceptors (Lipinski definition) is 4. The van der Waals surface area contributed by atoms with Crippen LogP contribution < -0.4 is 10.2 Å². The number of likely N-dealkylation sites (tertiary alicyclic amines) is 1. The van der Waals surface area contributed by atoms with E-state index < -0.39 is 11.9 Å². The largest absolute Gasteiger partial charge is 0.481 e. The number of carboxylic acid groups (broad SMARTS) is 1. The third-order valence-corrected chi connectivity index (χ3v) is 4.02.